The molecule has 5 heteroatoms. The Kier molecular flexibility index (Phi) is 4.87. The predicted octanol–water partition coefficient (Wildman–Crippen LogP) is 2.66. The summed E-state index contributed by atoms with van der Waals surface area (Å²) in [6.45, 7) is 12.5. The van der Waals surface area contributed by atoms with E-state index in [9.17, 15) is 9.32 Å². The Hall–Kier alpha value is 0.420. The van der Waals surface area contributed by atoms with Gasteiger partial charge in [-0.15, -0.1) is 0 Å². The van der Waals surface area contributed by atoms with E-state index >= 15 is 0 Å². The third-order valence-electron chi connectivity index (χ3n) is 1.45. The van der Waals surface area contributed by atoms with Crippen LogP contribution in [-0.2, 0) is 15.0 Å². The van der Waals surface area contributed by atoms with E-state index in [1.807, 2.05) is 20.8 Å². The van der Waals surface area contributed by atoms with Crippen molar-refractivity contribution in [1.29, 1.82) is 0 Å². The lowest BCUT2D eigenvalue weighted by Gasteiger charge is -2.32. The Morgan fingerprint density at radius 1 is 1.07 bits per heavy atom. The first-order valence-corrected chi connectivity index (χ1v) is 6.76. The SMILES string of the molecule is CC(C)(O)SOC(C)(C)S(=O)C(C)(C)C. The van der Waals surface area contributed by atoms with Crippen LogP contribution in [0.2, 0.25) is 0 Å². The monoisotopic (exact) mass is 254 g/mol. The second kappa shape index (κ2) is 4.73. The van der Waals surface area contributed by atoms with Crippen LogP contribution in [0, 0.1) is 0 Å². The van der Waals surface area contributed by atoms with E-state index in [-0.39, 0.29) is 4.75 Å². The lowest BCUT2D eigenvalue weighted by Crippen LogP contribution is -2.40. The van der Waals surface area contributed by atoms with Crippen LogP contribution < -0.4 is 0 Å². The van der Waals surface area contributed by atoms with Crippen LogP contribution in [0.15, 0.2) is 0 Å². The fourth-order valence-electron chi connectivity index (χ4n) is 0.971. The molecule has 0 heterocycles. The van der Waals surface area contributed by atoms with Crippen molar-refractivity contribution < 1.29 is 13.5 Å². The lowest BCUT2D eigenvalue weighted by atomic mass is 10.3. The van der Waals surface area contributed by atoms with E-state index in [2.05, 4.69) is 0 Å². The van der Waals surface area contributed by atoms with Crippen LogP contribution in [-0.4, -0.2) is 23.9 Å². The van der Waals surface area contributed by atoms with E-state index in [1.165, 1.54) is 0 Å². The van der Waals surface area contributed by atoms with Crippen molar-refractivity contribution in [2.24, 2.45) is 0 Å². The number of hydrogen-bond acceptors (Lipinski definition) is 4. The molecule has 0 spiro atoms. The van der Waals surface area contributed by atoms with Gasteiger partial charge in [0, 0.05) is 16.8 Å². The van der Waals surface area contributed by atoms with Crippen molar-refractivity contribution in [1.82, 2.24) is 0 Å². The molecule has 15 heavy (non-hydrogen) atoms. The third-order valence-corrected chi connectivity index (χ3v) is 4.55. The van der Waals surface area contributed by atoms with Crippen molar-refractivity contribution in [3.05, 3.63) is 0 Å². The lowest BCUT2D eigenvalue weighted by molar-refractivity contribution is 0.150. The minimum atomic E-state index is -1.14. The Bertz CT molecular complexity index is 236. The summed E-state index contributed by atoms with van der Waals surface area (Å²) < 4.78 is 17.2. The topological polar surface area (TPSA) is 46.5 Å². The highest BCUT2D eigenvalue weighted by atomic mass is 32.2. The molecular weight excluding hydrogens is 232 g/mol. The molecule has 0 radical (unpaired) electrons. The fraction of sp³-hybridized carbons (Fsp3) is 1.00. The van der Waals surface area contributed by atoms with Gasteiger partial charge in [0.1, 0.15) is 4.93 Å². The van der Waals surface area contributed by atoms with Gasteiger partial charge in [0.15, 0.2) is 4.93 Å². The number of aliphatic hydroxyl groups is 1. The van der Waals surface area contributed by atoms with E-state index in [4.69, 9.17) is 4.18 Å². The molecule has 0 fully saturated rings. The molecule has 1 unspecified atom stereocenters. The molecule has 0 aliphatic heterocycles. The molecule has 0 bridgehead atoms. The normalized spacial score (nSPS) is 16.5. The maximum absolute atomic E-state index is 12.1. The summed E-state index contributed by atoms with van der Waals surface area (Å²) in [6, 6.07) is 0. The second-order valence-electron chi connectivity index (χ2n) is 5.39. The Morgan fingerprint density at radius 3 is 1.73 bits per heavy atom. The maximum atomic E-state index is 12.1. The van der Waals surface area contributed by atoms with E-state index < -0.39 is 20.7 Å². The van der Waals surface area contributed by atoms with Crippen LogP contribution in [0.25, 0.3) is 0 Å². The van der Waals surface area contributed by atoms with Crippen molar-refractivity contribution in [2.45, 2.75) is 63.1 Å². The van der Waals surface area contributed by atoms with Gasteiger partial charge in [0.2, 0.25) is 0 Å². The zero-order chi connectivity index (χ0) is 12.5. The summed E-state index contributed by atoms with van der Waals surface area (Å²) in [7, 11) is -1.14. The molecule has 0 aromatic rings. The standard InChI is InChI=1S/C10H22O3S2/c1-8(2,3)15(12)10(6,7)13-14-9(4,5)11/h11H,1-7H3. The summed E-state index contributed by atoms with van der Waals surface area (Å²) in [4.78, 5) is -1.75. The minimum Gasteiger partial charge on any atom is -0.378 e. The zero-order valence-electron chi connectivity index (χ0n) is 10.6. The number of rotatable bonds is 4. The molecule has 0 amide bonds. The van der Waals surface area contributed by atoms with E-state index in [0.717, 1.165) is 12.0 Å². The average Bonchev–Trinajstić information content (AvgIpc) is 1.97. The highest BCUT2D eigenvalue weighted by Gasteiger charge is 2.37. The zero-order valence-corrected chi connectivity index (χ0v) is 12.2. The summed E-state index contributed by atoms with van der Waals surface area (Å²) >= 11 is 0.947. The molecule has 0 saturated heterocycles. The molecule has 0 aliphatic carbocycles. The number of hydrogen-bond donors (Lipinski definition) is 1. The van der Waals surface area contributed by atoms with E-state index in [0.29, 0.717) is 0 Å². The van der Waals surface area contributed by atoms with Crippen molar-refractivity contribution in [3.8, 4) is 0 Å². The molecule has 0 aromatic heterocycles. The first-order valence-electron chi connectivity index (χ1n) is 4.87. The molecule has 0 saturated carbocycles. The molecular formula is C10H22O3S2. The molecule has 0 aliphatic rings. The molecule has 92 valence electrons. The summed E-state index contributed by atoms with van der Waals surface area (Å²) in [5.41, 5.74) is 0. The maximum Gasteiger partial charge on any atom is 0.152 e. The minimum absolute atomic E-state index is 0.330. The quantitative estimate of drug-likeness (QED) is 0.619. The van der Waals surface area contributed by atoms with Gasteiger partial charge in [-0.1, -0.05) is 0 Å². The molecule has 3 nitrogen and oxygen atoms in total. The van der Waals surface area contributed by atoms with Gasteiger partial charge in [-0.2, -0.15) is 0 Å². The van der Waals surface area contributed by atoms with Crippen molar-refractivity contribution in [3.63, 3.8) is 0 Å². The summed E-state index contributed by atoms with van der Waals surface area (Å²) in [5, 5.41) is 9.50. The van der Waals surface area contributed by atoms with Crippen LogP contribution in [0.5, 0.6) is 0 Å². The molecule has 0 rings (SSSR count). The van der Waals surface area contributed by atoms with Gasteiger partial charge < -0.3 is 5.11 Å². The summed E-state index contributed by atoms with van der Waals surface area (Å²) in [6.07, 6.45) is 0. The second-order valence-corrected chi connectivity index (χ2v) is 9.47. The van der Waals surface area contributed by atoms with E-state index in [1.54, 1.807) is 27.7 Å². The van der Waals surface area contributed by atoms with Crippen molar-refractivity contribution >= 4 is 22.8 Å². The molecule has 0 aromatic carbocycles. The van der Waals surface area contributed by atoms with Crippen LogP contribution in [0.4, 0.5) is 0 Å². The Balaban J connectivity index is 4.50. The van der Waals surface area contributed by atoms with Crippen LogP contribution >= 0.6 is 12.0 Å². The fourth-order valence-corrected chi connectivity index (χ4v) is 3.20. The van der Waals surface area contributed by atoms with Gasteiger partial charge in [-0.25, -0.2) is 0 Å². The Morgan fingerprint density at radius 2 is 1.47 bits per heavy atom. The first-order chi connectivity index (χ1) is 6.36. The predicted molar refractivity (Wildman–Crippen MR) is 66.9 cm³/mol. The molecule has 1 atom stereocenters. The largest absolute Gasteiger partial charge is 0.378 e. The van der Waals surface area contributed by atoms with Gasteiger partial charge in [0.25, 0.3) is 0 Å². The average molecular weight is 254 g/mol. The van der Waals surface area contributed by atoms with Gasteiger partial charge >= 0.3 is 0 Å². The Labute approximate surface area is 99.6 Å². The summed E-state index contributed by atoms with van der Waals surface area (Å²) in [5.74, 6) is 0. The van der Waals surface area contributed by atoms with Crippen LogP contribution in [0.1, 0.15) is 48.5 Å². The first kappa shape index (κ1) is 15.4. The van der Waals surface area contributed by atoms with Crippen molar-refractivity contribution in [2.75, 3.05) is 0 Å². The third kappa shape index (κ3) is 5.90. The highest BCUT2D eigenvalue weighted by Crippen LogP contribution is 2.33. The smallest absolute Gasteiger partial charge is 0.152 e. The molecule has 1 N–H and O–H groups in total. The van der Waals surface area contributed by atoms with Crippen LogP contribution in [0.3, 0.4) is 0 Å². The highest BCUT2D eigenvalue weighted by molar-refractivity contribution is 7.96. The van der Waals surface area contributed by atoms with Gasteiger partial charge in [-0.05, 0) is 48.5 Å². The van der Waals surface area contributed by atoms with Gasteiger partial charge in [0.05, 0.1) is 10.8 Å². The van der Waals surface area contributed by atoms with Gasteiger partial charge in [-0.3, -0.25) is 8.39 Å².